The standard InChI is InChI=1S/C7H7NO/c1-6-3-4-9-7(6)5-8-2/h3-4H,5H2,1H3. The van der Waals surface area contributed by atoms with E-state index in [1.165, 1.54) is 0 Å². The Morgan fingerprint density at radius 3 is 3.00 bits per heavy atom. The number of hydrogen-bond acceptors (Lipinski definition) is 1. The maximum Gasteiger partial charge on any atom is 0.271 e. The smallest absolute Gasteiger partial charge is 0.271 e. The minimum absolute atomic E-state index is 0.360. The van der Waals surface area contributed by atoms with Crippen molar-refractivity contribution in [3.8, 4) is 0 Å². The Balaban J connectivity index is 2.84. The summed E-state index contributed by atoms with van der Waals surface area (Å²) in [5.41, 5.74) is 1.06. The Labute approximate surface area is 53.9 Å². The number of rotatable bonds is 1. The highest BCUT2D eigenvalue weighted by Crippen LogP contribution is 2.08. The van der Waals surface area contributed by atoms with Crippen LogP contribution in [-0.2, 0) is 6.54 Å². The molecule has 1 aromatic rings. The van der Waals surface area contributed by atoms with Crippen molar-refractivity contribution in [1.82, 2.24) is 0 Å². The molecule has 0 aliphatic rings. The average molecular weight is 121 g/mol. The van der Waals surface area contributed by atoms with Crippen LogP contribution in [0.5, 0.6) is 0 Å². The van der Waals surface area contributed by atoms with Gasteiger partial charge in [-0.15, -0.1) is 0 Å². The number of aryl methyl sites for hydroxylation is 1. The molecular formula is C7H7NO. The quantitative estimate of drug-likeness (QED) is 0.519. The fourth-order valence-electron chi connectivity index (χ4n) is 0.638. The third-order valence-corrected chi connectivity index (χ3v) is 1.19. The minimum atomic E-state index is 0.360. The second-order valence-electron chi connectivity index (χ2n) is 1.84. The van der Waals surface area contributed by atoms with Crippen molar-refractivity contribution in [2.75, 3.05) is 0 Å². The lowest BCUT2D eigenvalue weighted by molar-refractivity contribution is 0.520. The van der Waals surface area contributed by atoms with Crippen LogP contribution >= 0.6 is 0 Å². The van der Waals surface area contributed by atoms with Crippen LogP contribution in [0.15, 0.2) is 16.7 Å². The highest BCUT2D eigenvalue weighted by atomic mass is 16.3. The van der Waals surface area contributed by atoms with E-state index in [1.807, 2.05) is 13.0 Å². The van der Waals surface area contributed by atoms with Crippen LogP contribution in [0.4, 0.5) is 0 Å². The van der Waals surface area contributed by atoms with E-state index in [2.05, 4.69) is 4.85 Å². The molecule has 0 amide bonds. The van der Waals surface area contributed by atoms with Crippen molar-refractivity contribution in [1.29, 1.82) is 0 Å². The van der Waals surface area contributed by atoms with E-state index in [0.29, 0.717) is 6.54 Å². The summed E-state index contributed by atoms with van der Waals surface area (Å²) < 4.78 is 4.99. The minimum Gasteiger partial charge on any atom is -0.461 e. The summed E-state index contributed by atoms with van der Waals surface area (Å²) in [6.45, 7) is 8.84. The van der Waals surface area contributed by atoms with Gasteiger partial charge in [-0.05, 0) is 18.6 Å². The molecule has 0 N–H and O–H groups in total. The van der Waals surface area contributed by atoms with E-state index < -0.39 is 0 Å². The molecule has 0 spiro atoms. The van der Waals surface area contributed by atoms with Gasteiger partial charge in [0.05, 0.1) is 6.26 Å². The molecule has 0 saturated carbocycles. The van der Waals surface area contributed by atoms with Gasteiger partial charge < -0.3 is 9.26 Å². The van der Waals surface area contributed by atoms with Gasteiger partial charge >= 0.3 is 0 Å². The first-order valence-electron chi connectivity index (χ1n) is 2.71. The fourth-order valence-corrected chi connectivity index (χ4v) is 0.638. The van der Waals surface area contributed by atoms with Gasteiger partial charge in [0.2, 0.25) is 0 Å². The average Bonchev–Trinajstić information content (AvgIpc) is 2.18. The van der Waals surface area contributed by atoms with Crippen LogP contribution < -0.4 is 0 Å². The third-order valence-electron chi connectivity index (χ3n) is 1.19. The van der Waals surface area contributed by atoms with Gasteiger partial charge in [-0.3, -0.25) is 0 Å². The van der Waals surface area contributed by atoms with E-state index in [-0.39, 0.29) is 0 Å². The molecular weight excluding hydrogens is 114 g/mol. The molecule has 46 valence electrons. The summed E-state index contributed by atoms with van der Waals surface area (Å²) in [5, 5.41) is 0. The Morgan fingerprint density at radius 1 is 1.78 bits per heavy atom. The molecule has 2 nitrogen and oxygen atoms in total. The van der Waals surface area contributed by atoms with E-state index in [0.717, 1.165) is 11.3 Å². The zero-order chi connectivity index (χ0) is 6.69. The summed E-state index contributed by atoms with van der Waals surface area (Å²) in [4.78, 5) is 3.20. The maximum absolute atomic E-state index is 6.54. The molecule has 0 atom stereocenters. The lowest BCUT2D eigenvalue weighted by Gasteiger charge is -1.82. The molecule has 1 heterocycles. The highest BCUT2D eigenvalue weighted by Gasteiger charge is 2.01. The molecule has 0 fully saturated rings. The summed E-state index contributed by atoms with van der Waals surface area (Å²) in [5.74, 6) is 0.782. The van der Waals surface area contributed by atoms with Crippen LogP contribution in [-0.4, -0.2) is 0 Å². The first kappa shape index (κ1) is 5.90. The fraction of sp³-hybridized carbons (Fsp3) is 0.286. The summed E-state index contributed by atoms with van der Waals surface area (Å²) in [7, 11) is 0. The van der Waals surface area contributed by atoms with Crippen LogP contribution in [0, 0.1) is 13.5 Å². The molecule has 1 rings (SSSR count). The summed E-state index contributed by atoms with van der Waals surface area (Å²) in [6.07, 6.45) is 1.61. The van der Waals surface area contributed by atoms with Crippen molar-refractivity contribution in [3.05, 3.63) is 35.1 Å². The van der Waals surface area contributed by atoms with Crippen LogP contribution in [0.25, 0.3) is 4.85 Å². The van der Waals surface area contributed by atoms with Crippen LogP contribution in [0.3, 0.4) is 0 Å². The summed E-state index contributed by atoms with van der Waals surface area (Å²) in [6, 6.07) is 1.86. The van der Waals surface area contributed by atoms with Crippen molar-refractivity contribution in [2.24, 2.45) is 0 Å². The predicted molar refractivity (Wildman–Crippen MR) is 33.8 cm³/mol. The third kappa shape index (κ3) is 1.11. The normalized spacial score (nSPS) is 8.89. The van der Waals surface area contributed by atoms with Gasteiger partial charge in [0.1, 0.15) is 0 Å². The molecule has 2 heteroatoms. The number of furan rings is 1. The topological polar surface area (TPSA) is 17.5 Å². The first-order valence-corrected chi connectivity index (χ1v) is 2.71. The Kier molecular flexibility index (Phi) is 1.55. The first-order chi connectivity index (χ1) is 4.34. The highest BCUT2D eigenvalue weighted by molar-refractivity contribution is 5.15. The van der Waals surface area contributed by atoms with Gasteiger partial charge in [0.25, 0.3) is 6.54 Å². The molecule has 0 aliphatic carbocycles. The second kappa shape index (κ2) is 2.36. The van der Waals surface area contributed by atoms with Crippen molar-refractivity contribution >= 4 is 0 Å². The molecule has 9 heavy (non-hydrogen) atoms. The largest absolute Gasteiger partial charge is 0.461 e. The number of hydrogen-bond donors (Lipinski definition) is 0. The van der Waals surface area contributed by atoms with Crippen molar-refractivity contribution in [3.63, 3.8) is 0 Å². The van der Waals surface area contributed by atoms with E-state index in [4.69, 9.17) is 11.0 Å². The zero-order valence-electron chi connectivity index (χ0n) is 5.22. The van der Waals surface area contributed by atoms with Gasteiger partial charge in [-0.2, -0.15) is 0 Å². The number of nitrogens with zero attached hydrogens (tertiary/aromatic N) is 1. The van der Waals surface area contributed by atoms with Crippen LogP contribution in [0.2, 0.25) is 0 Å². The van der Waals surface area contributed by atoms with Crippen molar-refractivity contribution < 1.29 is 4.42 Å². The second-order valence-corrected chi connectivity index (χ2v) is 1.84. The maximum atomic E-state index is 6.54. The molecule has 1 aromatic heterocycles. The van der Waals surface area contributed by atoms with Gasteiger partial charge in [-0.25, -0.2) is 6.57 Å². The van der Waals surface area contributed by atoms with Gasteiger partial charge in [0, 0.05) is 0 Å². The molecule has 0 aliphatic heterocycles. The molecule has 0 unspecified atom stereocenters. The lowest BCUT2D eigenvalue weighted by Crippen LogP contribution is -1.75. The predicted octanol–water partition coefficient (Wildman–Crippen LogP) is 2.01. The van der Waals surface area contributed by atoms with E-state index in [9.17, 15) is 0 Å². The SMILES string of the molecule is [C-]#[N+]Cc1occc1C. The molecule has 0 bridgehead atoms. The lowest BCUT2D eigenvalue weighted by atomic mass is 10.3. The van der Waals surface area contributed by atoms with Gasteiger partial charge in [0.15, 0.2) is 5.76 Å². The Morgan fingerprint density at radius 2 is 2.56 bits per heavy atom. The van der Waals surface area contributed by atoms with Crippen molar-refractivity contribution in [2.45, 2.75) is 13.5 Å². The molecule has 0 aromatic carbocycles. The Bertz CT molecular complexity index is 231. The Hall–Kier alpha value is -1.23. The summed E-state index contributed by atoms with van der Waals surface area (Å²) >= 11 is 0. The van der Waals surface area contributed by atoms with Crippen LogP contribution in [0.1, 0.15) is 11.3 Å². The van der Waals surface area contributed by atoms with E-state index in [1.54, 1.807) is 6.26 Å². The van der Waals surface area contributed by atoms with Gasteiger partial charge in [-0.1, -0.05) is 0 Å². The van der Waals surface area contributed by atoms with E-state index >= 15 is 0 Å². The molecule has 0 radical (unpaired) electrons. The monoisotopic (exact) mass is 121 g/mol. The molecule has 0 saturated heterocycles. The zero-order valence-corrected chi connectivity index (χ0v) is 5.22.